The summed E-state index contributed by atoms with van der Waals surface area (Å²) in [4.78, 5) is 0. The number of halogens is 1. The fourth-order valence-corrected chi connectivity index (χ4v) is 2.78. The highest BCUT2D eigenvalue weighted by Crippen LogP contribution is 2.13. The summed E-state index contributed by atoms with van der Waals surface area (Å²) in [6.07, 6.45) is 20.4. The molecular formula is C21H48ClNO2. The van der Waals surface area contributed by atoms with Gasteiger partial charge in [-0.15, -0.1) is 0 Å². The van der Waals surface area contributed by atoms with Crippen molar-refractivity contribution in [3.8, 4) is 0 Å². The molecule has 0 saturated heterocycles. The first-order valence-electron chi connectivity index (χ1n) is 10.5. The van der Waals surface area contributed by atoms with Crippen LogP contribution in [0.25, 0.3) is 0 Å². The van der Waals surface area contributed by atoms with E-state index >= 15 is 0 Å². The first-order chi connectivity index (χ1) is 11.5. The van der Waals surface area contributed by atoms with Crippen LogP contribution < -0.4 is 12.4 Å². The number of nitrogens with zero attached hydrogens (tertiary/aromatic N) is 1. The molecule has 0 aromatic rings. The summed E-state index contributed by atoms with van der Waals surface area (Å²) in [6, 6.07) is 0. The van der Waals surface area contributed by atoms with Gasteiger partial charge in [0.1, 0.15) is 0 Å². The molecule has 0 aliphatic carbocycles. The van der Waals surface area contributed by atoms with Gasteiger partial charge in [-0.25, -0.2) is 0 Å². The molecule has 0 bridgehead atoms. The van der Waals surface area contributed by atoms with Crippen molar-refractivity contribution in [2.24, 2.45) is 0 Å². The van der Waals surface area contributed by atoms with Crippen LogP contribution in [0, 0.1) is 0 Å². The van der Waals surface area contributed by atoms with Gasteiger partial charge in [-0.05, 0) is 12.8 Å². The molecule has 0 fully saturated rings. The van der Waals surface area contributed by atoms with Crippen LogP contribution in [0.4, 0.5) is 0 Å². The van der Waals surface area contributed by atoms with Crippen LogP contribution in [0.15, 0.2) is 0 Å². The lowest BCUT2D eigenvalue weighted by molar-refractivity contribution is -0.870. The van der Waals surface area contributed by atoms with E-state index in [4.69, 9.17) is 10.2 Å². The Bertz CT molecular complexity index is 218. The van der Waals surface area contributed by atoms with Gasteiger partial charge in [0.25, 0.3) is 0 Å². The second kappa shape index (κ2) is 24.2. The summed E-state index contributed by atoms with van der Waals surface area (Å²) in [5, 5.41) is 15.2. The van der Waals surface area contributed by atoms with Gasteiger partial charge in [0.05, 0.1) is 40.9 Å². The van der Waals surface area contributed by atoms with Gasteiger partial charge in [0.15, 0.2) is 0 Å². The molecule has 0 amide bonds. The van der Waals surface area contributed by atoms with Gasteiger partial charge in [0.2, 0.25) is 0 Å². The standard InChI is InChI=1S/C19H42N.C2H6O2.ClH/c1-5-6-7-8-9-10-11-12-13-14-15-16-17-18-19-20(2,3)4;3-1-2-4;/h5-19H2,1-4H3;3-4H,1-2H2;1H/q+1;;/p-1. The number of quaternary nitrogens is 1. The average molecular weight is 382 g/mol. The van der Waals surface area contributed by atoms with Gasteiger partial charge in [-0.3, -0.25) is 0 Å². The van der Waals surface area contributed by atoms with E-state index in [2.05, 4.69) is 28.1 Å². The third-order valence-corrected chi connectivity index (χ3v) is 4.28. The van der Waals surface area contributed by atoms with Crippen LogP contribution in [0.1, 0.15) is 96.8 Å². The van der Waals surface area contributed by atoms with E-state index in [1.807, 2.05) is 0 Å². The minimum atomic E-state index is -0.125. The minimum absolute atomic E-state index is 0. The first kappa shape index (κ1) is 29.9. The molecule has 0 aliphatic rings. The third kappa shape index (κ3) is 36.0. The fourth-order valence-electron chi connectivity index (χ4n) is 2.78. The van der Waals surface area contributed by atoms with Crippen LogP contribution in [0.5, 0.6) is 0 Å². The van der Waals surface area contributed by atoms with E-state index in [0.717, 1.165) is 4.48 Å². The lowest BCUT2D eigenvalue weighted by atomic mass is 10.0. The molecule has 0 rings (SSSR count). The van der Waals surface area contributed by atoms with Crippen molar-refractivity contribution in [2.75, 3.05) is 40.9 Å². The van der Waals surface area contributed by atoms with Crippen molar-refractivity contribution in [2.45, 2.75) is 96.8 Å². The van der Waals surface area contributed by atoms with Gasteiger partial charge >= 0.3 is 0 Å². The summed E-state index contributed by atoms with van der Waals surface area (Å²) in [7, 11) is 6.88. The topological polar surface area (TPSA) is 40.5 Å². The Hall–Kier alpha value is 0.170. The molecule has 156 valence electrons. The van der Waals surface area contributed by atoms with Crippen molar-refractivity contribution in [3.63, 3.8) is 0 Å². The van der Waals surface area contributed by atoms with Gasteiger partial charge in [-0.1, -0.05) is 84.0 Å². The van der Waals surface area contributed by atoms with Gasteiger partial charge < -0.3 is 27.1 Å². The monoisotopic (exact) mass is 381 g/mol. The molecule has 25 heavy (non-hydrogen) atoms. The molecule has 0 atom stereocenters. The largest absolute Gasteiger partial charge is 1.00 e. The lowest BCUT2D eigenvalue weighted by Gasteiger charge is -2.23. The second-order valence-electron chi connectivity index (χ2n) is 8.06. The Balaban J connectivity index is -0.000000867. The predicted octanol–water partition coefficient (Wildman–Crippen LogP) is 2.15. The van der Waals surface area contributed by atoms with Crippen molar-refractivity contribution in [1.82, 2.24) is 0 Å². The second-order valence-corrected chi connectivity index (χ2v) is 8.06. The van der Waals surface area contributed by atoms with Crippen molar-refractivity contribution >= 4 is 0 Å². The Morgan fingerprint density at radius 3 is 1.04 bits per heavy atom. The number of aliphatic hydroxyl groups excluding tert-OH is 2. The normalized spacial score (nSPS) is 10.8. The maximum atomic E-state index is 7.62. The molecule has 0 aliphatic heterocycles. The zero-order valence-corrected chi connectivity index (χ0v) is 18.5. The molecule has 0 radical (unpaired) electrons. The molecule has 4 heteroatoms. The van der Waals surface area contributed by atoms with Crippen molar-refractivity contribution in [1.29, 1.82) is 0 Å². The highest BCUT2D eigenvalue weighted by Gasteiger charge is 2.04. The van der Waals surface area contributed by atoms with E-state index in [1.165, 1.54) is 96.4 Å². The molecule has 0 heterocycles. The van der Waals surface area contributed by atoms with Crippen molar-refractivity contribution < 1.29 is 27.1 Å². The predicted molar refractivity (Wildman–Crippen MR) is 107 cm³/mol. The minimum Gasteiger partial charge on any atom is -1.00 e. The van der Waals surface area contributed by atoms with E-state index in [-0.39, 0.29) is 25.6 Å². The van der Waals surface area contributed by atoms with Crippen LogP contribution in [0.3, 0.4) is 0 Å². The highest BCUT2D eigenvalue weighted by atomic mass is 35.5. The van der Waals surface area contributed by atoms with Gasteiger partial charge in [0, 0.05) is 0 Å². The van der Waals surface area contributed by atoms with Gasteiger partial charge in [-0.2, -0.15) is 0 Å². The van der Waals surface area contributed by atoms with E-state index < -0.39 is 0 Å². The smallest absolute Gasteiger partial charge is 0.0780 e. The Labute approximate surface area is 165 Å². The summed E-state index contributed by atoms with van der Waals surface area (Å²) < 4.78 is 1.12. The van der Waals surface area contributed by atoms with Crippen LogP contribution >= 0.6 is 0 Å². The third-order valence-electron chi connectivity index (χ3n) is 4.28. The lowest BCUT2D eigenvalue weighted by Crippen LogP contribution is -3.00. The molecule has 0 aromatic carbocycles. The Kier molecular flexibility index (Phi) is 28.9. The van der Waals surface area contributed by atoms with E-state index in [0.29, 0.717) is 0 Å². The molecule has 0 saturated carbocycles. The fraction of sp³-hybridized carbons (Fsp3) is 1.00. The average Bonchev–Trinajstić information content (AvgIpc) is 2.54. The number of aliphatic hydroxyl groups is 2. The molecule has 0 aromatic heterocycles. The SMILES string of the molecule is CCCCCCCCCCCCCCCC[N+](C)(C)C.OCCO.[Cl-]. The Morgan fingerprint density at radius 2 is 0.800 bits per heavy atom. The quantitative estimate of drug-likeness (QED) is 0.317. The number of unbranched alkanes of at least 4 members (excludes halogenated alkanes) is 13. The Morgan fingerprint density at radius 1 is 0.520 bits per heavy atom. The van der Waals surface area contributed by atoms with Crippen LogP contribution in [0.2, 0.25) is 0 Å². The molecular weight excluding hydrogens is 334 g/mol. The van der Waals surface area contributed by atoms with E-state index in [1.54, 1.807) is 0 Å². The molecule has 0 spiro atoms. The number of hydrogen-bond acceptors (Lipinski definition) is 2. The maximum Gasteiger partial charge on any atom is 0.0780 e. The van der Waals surface area contributed by atoms with Crippen LogP contribution in [-0.4, -0.2) is 55.6 Å². The highest BCUT2D eigenvalue weighted by molar-refractivity contribution is 4.49. The summed E-state index contributed by atoms with van der Waals surface area (Å²) in [6.45, 7) is 3.38. The summed E-state index contributed by atoms with van der Waals surface area (Å²) in [5.74, 6) is 0. The first-order valence-corrected chi connectivity index (χ1v) is 10.5. The summed E-state index contributed by atoms with van der Waals surface area (Å²) in [5.41, 5.74) is 0. The summed E-state index contributed by atoms with van der Waals surface area (Å²) >= 11 is 0. The van der Waals surface area contributed by atoms with Crippen molar-refractivity contribution in [3.05, 3.63) is 0 Å². The number of hydrogen-bond donors (Lipinski definition) is 2. The van der Waals surface area contributed by atoms with E-state index in [9.17, 15) is 0 Å². The molecule has 0 unspecified atom stereocenters. The molecule has 3 nitrogen and oxygen atoms in total. The number of rotatable bonds is 16. The molecule has 2 N–H and O–H groups in total. The zero-order valence-electron chi connectivity index (χ0n) is 17.7. The maximum absolute atomic E-state index is 7.62. The van der Waals surface area contributed by atoms with Crippen LogP contribution in [-0.2, 0) is 0 Å². The zero-order chi connectivity index (χ0) is 18.5.